The summed E-state index contributed by atoms with van der Waals surface area (Å²) in [5.74, 6) is -0.0644. The van der Waals surface area contributed by atoms with Gasteiger partial charge in [-0.1, -0.05) is 16.8 Å². The highest BCUT2D eigenvalue weighted by Gasteiger charge is 2.35. The summed E-state index contributed by atoms with van der Waals surface area (Å²) in [4.78, 5) is 7.23. The lowest BCUT2D eigenvalue weighted by molar-refractivity contribution is -0.138. The molecule has 0 spiro atoms. The number of hydrogen-bond donors (Lipinski definition) is 1. The van der Waals surface area contributed by atoms with Crippen LogP contribution in [0.1, 0.15) is 5.56 Å². The molecule has 0 saturated carbocycles. The van der Waals surface area contributed by atoms with E-state index in [1.54, 1.807) is 18.3 Å². The average Bonchev–Trinajstić information content (AvgIpc) is 3.28. The van der Waals surface area contributed by atoms with E-state index >= 15 is 0 Å². The predicted octanol–water partition coefficient (Wildman–Crippen LogP) is 5.57. The number of benzene rings is 2. The zero-order valence-electron chi connectivity index (χ0n) is 13.8. The first-order valence-electron chi connectivity index (χ1n) is 7.73. The number of ether oxygens (including phenoxy) is 1. The Bertz CT molecular complexity index is 1130. The predicted molar refractivity (Wildman–Crippen MR) is 93.6 cm³/mol. The maximum Gasteiger partial charge on any atom is 0.419 e. The summed E-state index contributed by atoms with van der Waals surface area (Å²) >= 11 is 6.11. The molecule has 0 aliphatic heterocycles. The van der Waals surface area contributed by atoms with Crippen molar-refractivity contribution in [2.45, 2.75) is 6.18 Å². The van der Waals surface area contributed by atoms with Gasteiger partial charge in [0.25, 0.3) is 5.89 Å². The fraction of sp³-hybridized carbons (Fsp3) is 0.111. The van der Waals surface area contributed by atoms with E-state index in [9.17, 15) is 13.2 Å². The third-order valence-electron chi connectivity index (χ3n) is 4.07. The molecule has 0 bridgehead atoms. The number of hydrogen-bond acceptors (Lipinski definition) is 4. The average molecular weight is 394 g/mol. The van der Waals surface area contributed by atoms with Gasteiger partial charge in [-0.15, -0.1) is 0 Å². The lowest BCUT2D eigenvalue weighted by Gasteiger charge is -2.12. The maximum absolute atomic E-state index is 13.2. The van der Waals surface area contributed by atoms with Crippen molar-refractivity contribution >= 4 is 22.5 Å². The molecule has 0 radical (unpaired) electrons. The summed E-state index contributed by atoms with van der Waals surface area (Å²) < 4.78 is 49.5. The highest BCUT2D eigenvalue weighted by molar-refractivity contribution is 6.35. The van der Waals surface area contributed by atoms with Gasteiger partial charge in [-0.2, -0.15) is 18.2 Å². The first-order valence-corrected chi connectivity index (χ1v) is 8.11. The largest absolute Gasteiger partial charge is 0.496 e. The SMILES string of the molecule is COc1ccc(-c2nc(-c3ccc4[nH]cc(Cl)c4c3)no2)cc1C(F)(F)F. The topological polar surface area (TPSA) is 63.9 Å². The third-order valence-corrected chi connectivity index (χ3v) is 4.38. The minimum Gasteiger partial charge on any atom is -0.496 e. The zero-order chi connectivity index (χ0) is 19.2. The van der Waals surface area contributed by atoms with Crippen LogP contribution in [0.15, 0.2) is 47.1 Å². The van der Waals surface area contributed by atoms with E-state index in [-0.39, 0.29) is 23.0 Å². The van der Waals surface area contributed by atoms with Crippen molar-refractivity contribution in [2.24, 2.45) is 0 Å². The van der Waals surface area contributed by atoms with E-state index in [4.69, 9.17) is 20.9 Å². The molecule has 2 aromatic carbocycles. The second-order valence-corrected chi connectivity index (χ2v) is 6.14. The van der Waals surface area contributed by atoms with Crippen molar-refractivity contribution in [3.63, 3.8) is 0 Å². The Labute approximate surface area is 155 Å². The molecule has 2 aromatic heterocycles. The van der Waals surface area contributed by atoms with Crippen molar-refractivity contribution in [3.8, 4) is 28.6 Å². The van der Waals surface area contributed by atoms with Crippen LogP contribution in [0.5, 0.6) is 5.75 Å². The molecule has 0 amide bonds. The van der Waals surface area contributed by atoms with Crippen LogP contribution in [0.2, 0.25) is 5.02 Å². The van der Waals surface area contributed by atoms with E-state index in [2.05, 4.69) is 15.1 Å². The molecule has 0 aliphatic carbocycles. The minimum absolute atomic E-state index is 0.0292. The summed E-state index contributed by atoms with van der Waals surface area (Å²) in [6, 6.07) is 8.91. The van der Waals surface area contributed by atoms with Crippen LogP contribution in [0.4, 0.5) is 13.2 Å². The van der Waals surface area contributed by atoms with Gasteiger partial charge in [0.15, 0.2) is 0 Å². The summed E-state index contributed by atoms with van der Waals surface area (Å²) in [6.07, 6.45) is -2.91. The molecule has 2 heterocycles. The molecule has 138 valence electrons. The van der Waals surface area contributed by atoms with Crippen molar-refractivity contribution in [2.75, 3.05) is 7.11 Å². The van der Waals surface area contributed by atoms with Crippen LogP contribution in [0, 0.1) is 0 Å². The Kier molecular flexibility index (Phi) is 4.07. The van der Waals surface area contributed by atoms with Gasteiger partial charge in [-0.05, 0) is 36.4 Å². The molecule has 0 unspecified atom stereocenters. The zero-order valence-corrected chi connectivity index (χ0v) is 14.5. The number of aromatic nitrogens is 3. The molecule has 4 aromatic rings. The van der Waals surface area contributed by atoms with Crippen LogP contribution in [0.3, 0.4) is 0 Å². The standard InChI is InChI=1S/C18H11ClF3N3O2/c1-26-15-5-3-10(7-12(15)18(20,21)22)17-24-16(25-27-17)9-2-4-14-11(6-9)13(19)8-23-14/h2-8,23H,1H3. The van der Waals surface area contributed by atoms with Gasteiger partial charge in [0.05, 0.1) is 17.7 Å². The van der Waals surface area contributed by atoms with Crippen molar-refractivity contribution < 1.29 is 22.4 Å². The van der Waals surface area contributed by atoms with Gasteiger partial charge in [0.2, 0.25) is 5.82 Å². The van der Waals surface area contributed by atoms with Crippen LogP contribution in [-0.4, -0.2) is 22.2 Å². The molecular formula is C18H11ClF3N3O2. The Morgan fingerprint density at radius 3 is 2.63 bits per heavy atom. The van der Waals surface area contributed by atoms with Gasteiger partial charge in [-0.3, -0.25) is 0 Å². The maximum atomic E-state index is 13.2. The molecule has 1 N–H and O–H groups in total. The highest BCUT2D eigenvalue weighted by Crippen LogP contribution is 2.38. The Morgan fingerprint density at radius 1 is 1.11 bits per heavy atom. The first kappa shape index (κ1) is 17.4. The normalized spacial score (nSPS) is 11.9. The van der Waals surface area contributed by atoms with Crippen molar-refractivity contribution in [3.05, 3.63) is 53.2 Å². The van der Waals surface area contributed by atoms with Crippen LogP contribution in [0.25, 0.3) is 33.7 Å². The van der Waals surface area contributed by atoms with Gasteiger partial charge in [0.1, 0.15) is 5.75 Å². The molecule has 0 aliphatic rings. The van der Waals surface area contributed by atoms with Gasteiger partial charge in [0, 0.05) is 28.2 Å². The number of aromatic amines is 1. The number of H-pyrrole nitrogens is 1. The number of halogens is 4. The third kappa shape index (κ3) is 3.12. The number of rotatable bonds is 3. The number of nitrogens with zero attached hydrogens (tertiary/aromatic N) is 2. The Balaban J connectivity index is 1.74. The molecule has 0 atom stereocenters. The highest BCUT2D eigenvalue weighted by atomic mass is 35.5. The van der Waals surface area contributed by atoms with E-state index in [0.29, 0.717) is 10.6 Å². The molecule has 5 nitrogen and oxygen atoms in total. The van der Waals surface area contributed by atoms with Crippen LogP contribution >= 0.6 is 11.6 Å². The van der Waals surface area contributed by atoms with Gasteiger partial charge in [-0.25, -0.2) is 0 Å². The second-order valence-electron chi connectivity index (χ2n) is 5.73. The van der Waals surface area contributed by atoms with Crippen LogP contribution in [-0.2, 0) is 6.18 Å². The summed E-state index contributed by atoms with van der Waals surface area (Å²) in [6.45, 7) is 0. The summed E-state index contributed by atoms with van der Waals surface area (Å²) in [5.41, 5.74) is 0.700. The van der Waals surface area contributed by atoms with Gasteiger partial charge >= 0.3 is 6.18 Å². The molecule has 9 heteroatoms. The summed E-state index contributed by atoms with van der Waals surface area (Å²) in [7, 11) is 1.18. The fourth-order valence-corrected chi connectivity index (χ4v) is 2.96. The second kappa shape index (κ2) is 6.31. The lowest BCUT2D eigenvalue weighted by atomic mass is 10.1. The summed E-state index contributed by atoms with van der Waals surface area (Å²) in [5, 5.41) is 5.19. The number of methoxy groups -OCH3 is 1. The van der Waals surface area contributed by atoms with Crippen molar-refractivity contribution in [1.82, 2.24) is 15.1 Å². The van der Waals surface area contributed by atoms with E-state index in [1.165, 1.54) is 19.2 Å². The first-order chi connectivity index (χ1) is 12.9. The minimum atomic E-state index is -4.57. The fourth-order valence-electron chi connectivity index (χ4n) is 2.75. The molecule has 4 rings (SSSR count). The van der Waals surface area contributed by atoms with E-state index in [1.807, 2.05) is 6.07 Å². The molecular weight excluding hydrogens is 383 g/mol. The number of nitrogens with one attached hydrogen (secondary N) is 1. The monoisotopic (exact) mass is 393 g/mol. The van der Waals surface area contributed by atoms with Gasteiger partial charge < -0.3 is 14.2 Å². The van der Waals surface area contributed by atoms with E-state index in [0.717, 1.165) is 17.0 Å². The quantitative estimate of drug-likeness (QED) is 0.494. The molecule has 27 heavy (non-hydrogen) atoms. The number of alkyl halides is 3. The number of fused-ring (bicyclic) bond motifs is 1. The Morgan fingerprint density at radius 2 is 1.89 bits per heavy atom. The molecule has 0 fully saturated rings. The van der Waals surface area contributed by atoms with Crippen molar-refractivity contribution in [1.29, 1.82) is 0 Å². The van der Waals surface area contributed by atoms with E-state index < -0.39 is 11.7 Å². The lowest BCUT2D eigenvalue weighted by Crippen LogP contribution is -2.07. The van der Waals surface area contributed by atoms with Crippen LogP contribution < -0.4 is 4.74 Å². The molecule has 0 saturated heterocycles. The smallest absolute Gasteiger partial charge is 0.419 e. The Hall–Kier alpha value is -3.00.